The lowest BCUT2D eigenvalue weighted by molar-refractivity contribution is -0.391. The van der Waals surface area contributed by atoms with Crippen molar-refractivity contribution in [1.82, 2.24) is 4.57 Å². The summed E-state index contributed by atoms with van der Waals surface area (Å²) in [6.45, 7) is 1.37. The first-order valence-corrected chi connectivity index (χ1v) is 3.35. The summed E-state index contributed by atoms with van der Waals surface area (Å²) >= 11 is 0. The number of hydrogen-bond donors (Lipinski definition) is 0. The predicted molar refractivity (Wildman–Crippen MR) is 42.1 cm³/mol. The first-order chi connectivity index (χ1) is 5.54. The van der Waals surface area contributed by atoms with Gasteiger partial charge in [-0.1, -0.05) is 0 Å². The summed E-state index contributed by atoms with van der Waals surface area (Å²) in [5.74, 6) is -0.245. The van der Waals surface area contributed by atoms with Crippen LogP contribution in [-0.4, -0.2) is 15.3 Å². The van der Waals surface area contributed by atoms with Gasteiger partial charge in [0.05, 0.1) is 7.05 Å². The van der Waals surface area contributed by atoms with Crippen LogP contribution in [0.25, 0.3) is 0 Å². The topological polar surface area (TPSA) is 65.1 Å². The van der Waals surface area contributed by atoms with Crippen molar-refractivity contribution in [1.29, 1.82) is 0 Å². The SMILES string of the molecule is CC(=O)c1ccc([N+](=O)[O-])n1C. The molecule has 5 nitrogen and oxygen atoms in total. The zero-order valence-electron chi connectivity index (χ0n) is 6.77. The van der Waals surface area contributed by atoms with Gasteiger partial charge in [0.25, 0.3) is 0 Å². The molecule has 1 heterocycles. The van der Waals surface area contributed by atoms with Crippen LogP contribution >= 0.6 is 0 Å². The minimum absolute atomic E-state index is 0.0693. The van der Waals surface area contributed by atoms with E-state index in [-0.39, 0.29) is 11.6 Å². The molecule has 0 aliphatic heterocycles. The largest absolute Gasteiger partial charge is 0.358 e. The lowest BCUT2D eigenvalue weighted by Gasteiger charge is -1.95. The zero-order chi connectivity index (χ0) is 9.30. The summed E-state index contributed by atoms with van der Waals surface area (Å²) < 4.78 is 1.27. The fourth-order valence-corrected chi connectivity index (χ4v) is 1.04. The number of carbonyl (C=O) groups excluding carboxylic acids is 1. The lowest BCUT2D eigenvalue weighted by Crippen LogP contribution is -2.04. The Hall–Kier alpha value is -1.65. The third-order valence-electron chi connectivity index (χ3n) is 1.64. The molecule has 5 heteroatoms. The van der Waals surface area contributed by atoms with E-state index in [2.05, 4.69) is 0 Å². The number of Topliss-reactive ketones (excluding diaryl/α,β-unsaturated/α-hetero) is 1. The third-order valence-corrected chi connectivity index (χ3v) is 1.64. The van der Waals surface area contributed by atoms with Crippen LogP contribution in [0.2, 0.25) is 0 Å². The van der Waals surface area contributed by atoms with Crippen molar-refractivity contribution in [3.8, 4) is 0 Å². The number of ketones is 1. The summed E-state index contributed by atoms with van der Waals surface area (Å²) in [7, 11) is 1.49. The van der Waals surface area contributed by atoms with Crippen LogP contribution in [0.3, 0.4) is 0 Å². The molecule has 0 fully saturated rings. The molecular weight excluding hydrogens is 160 g/mol. The molecule has 0 spiro atoms. The smallest absolute Gasteiger partial charge is 0.323 e. The molecule has 0 bridgehead atoms. The second kappa shape index (κ2) is 2.77. The van der Waals surface area contributed by atoms with Crippen molar-refractivity contribution in [2.75, 3.05) is 0 Å². The molecule has 1 rings (SSSR count). The summed E-state index contributed by atoms with van der Waals surface area (Å²) in [6, 6.07) is 2.76. The maximum Gasteiger partial charge on any atom is 0.323 e. The number of rotatable bonds is 2. The highest BCUT2D eigenvalue weighted by atomic mass is 16.6. The summed E-state index contributed by atoms with van der Waals surface area (Å²) in [6.07, 6.45) is 0. The normalized spacial score (nSPS) is 9.83. The van der Waals surface area contributed by atoms with E-state index in [0.717, 1.165) is 0 Å². The van der Waals surface area contributed by atoms with Gasteiger partial charge in [-0.2, -0.15) is 0 Å². The third kappa shape index (κ3) is 1.20. The molecule has 0 aliphatic carbocycles. The highest BCUT2D eigenvalue weighted by Crippen LogP contribution is 2.14. The molecule has 0 amide bonds. The minimum Gasteiger partial charge on any atom is -0.358 e. The van der Waals surface area contributed by atoms with E-state index in [0.29, 0.717) is 5.69 Å². The van der Waals surface area contributed by atoms with E-state index >= 15 is 0 Å². The Balaban J connectivity index is 3.22. The van der Waals surface area contributed by atoms with Gasteiger partial charge in [0.1, 0.15) is 0 Å². The van der Waals surface area contributed by atoms with Gasteiger partial charge in [-0.15, -0.1) is 0 Å². The van der Waals surface area contributed by atoms with Gasteiger partial charge >= 0.3 is 5.82 Å². The Labute approximate surface area is 68.8 Å². The molecule has 0 aliphatic rings. The van der Waals surface area contributed by atoms with E-state index in [9.17, 15) is 14.9 Å². The van der Waals surface area contributed by atoms with Crippen molar-refractivity contribution in [3.05, 3.63) is 27.9 Å². The Morgan fingerprint density at radius 3 is 2.42 bits per heavy atom. The van der Waals surface area contributed by atoms with Crippen molar-refractivity contribution in [2.24, 2.45) is 7.05 Å². The van der Waals surface area contributed by atoms with Gasteiger partial charge < -0.3 is 10.1 Å². The average molecular weight is 168 g/mol. The predicted octanol–water partition coefficient (Wildman–Crippen LogP) is 1.14. The van der Waals surface area contributed by atoms with Crippen LogP contribution in [0.1, 0.15) is 17.4 Å². The standard InChI is InChI=1S/C7H8N2O3/c1-5(10)6-3-4-7(8(6)2)9(11)12/h3-4H,1-2H3. The molecule has 0 radical (unpaired) electrons. The molecule has 64 valence electrons. The van der Waals surface area contributed by atoms with E-state index < -0.39 is 4.92 Å². The van der Waals surface area contributed by atoms with Gasteiger partial charge in [-0.3, -0.25) is 4.79 Å². The van der Waals surface area contributed by atoms with Crippen molar-refractivity contribution >= 4 is 11.6 Å². The monoisotopic (exact) mass is 168 g/mol. The Bertz CT molecular complexity index is 309. The molecule has 0 unspecified atom stereocenters. The van der Waals surface area contributed by atoms with Gasteiger partial charge in [0.15, 0.2) is 11.5 Å². The number of aromatic nitrogens is 1. The first kappa shape index (κ1) is 8.45. The van der Waals surface area contributed by atoms with E-state index in [1.165, 1.54) is 30.7 Å². The van der Waals surface area contributed by atoms with Crippen LogP contribution in [0.4, 0.5) is 5.82 Å². The zero-order valence-corrected chi connectivity index (χ0v) is 6.77. The summed E-state index contributed by atoms with van der Waals surface area (Å²) in [5.41, 5.74) is 0.349. The second-order valence-electron chi connectivity index (χ2n) is 2.45. The highest BCUT2D eigenvalue weighted by Gasteiger charge is 2.16. The number of nitrogens with zero attached hydrogens (tertiary/aromatic N) is 2. The van der Waals surface area contributed by atoms with Crippen molar-refractivity contribution in [2.45, 2.75) is 6.92 Å². The molecule has 0 N–H and O–H groups in total. The van der Waals surface area contributed by atoms with Gasteiger partial charge in [0.2, 0.25) is 0 Å². The van der Waals surface area contributed by atoms with Crippen molar-refractivity contribution < 1.29 is 9.72 Å². The van der Waals surface area contributed by atoms with Crippen molar-refractivity contribution in [3.63, 3.8) is 0 Å². The van der Waals surface area contributed by atoms with Crippen LogP contribution in [-0.2, 0) is 7.05 Å². The molecular formula is C7H8N2O3. The number of hydrogen-bond acceptors (Lipinski definition) is 3. The fraction of sp³-hybridized carbons (Fsp3) is 0.286. The lowest BCUT2D eigenvalue weighted by atomic mass is 10.3. The average Bonchev–Trinajstić information content (AvgIpc) is 2.30. The fourth-order valence-electron chi connectivity index (χ4n) is 1.04. The molecule has 0 atom stereocenters. The Morgan fingerprint density at radius 2 is 2.17 bits per heavy atom. The second-order valence-corrected chi connectivity index (χ2v) is 2.45. The number of carbonyl (C=O) groups is 1. The Morgan fingerprint density at radius 1 is 1.58 bits per heavy atom. The maximum absolute atomic E-state index is 10.9. The number of nitro groups is 1. The minimum atomic E-state index is -0.521. The van der Waals surface area contributed by atoms with Gasteiger partial charge in [-0.05, 0) is 11.0 Å². The molecule has 0 saturated heterocycles. The molecule has 0 saturated carbocycles. The van der Waals surface area contributed by atoms with E-state index in [1.54, 1.807) is 0 Å². The quantitative estimate of drug-likeness (QED) is 0.377. The van der Waals surface area contributed by atoms with Crippen LogP contribution in [0.5, 0.6) is 0 Å². The van der Waals surface area contributed by atoms with Crippen LogP contribution in [0.15, 0.2) is 12.1 Å². The first-order valence-electron chi connectivity index (χ1n) is 3.35. The maximum atomic E-state index is 10.9. The Kier molecular flexibility index (Phi) is 1.95. The van der Waals surface area contributed by atoms with E-state index in [1.807, 2.05) is 0 Å². The molecule has 1 aromatic heterocycles. The van der Waals surface area contributed by atoms with Gasteiger partial charge in [-0.25, -0.2) is 4.57 Å². The summed E-state index contributed by atoms with van der Waals surface area (Å²) in [5, 5.41) is 10.3. The molecule has 1 aromatic rings. The van der Waals surface area contributed by atoms with Crippen LogP contribution in [0, 0.1) is 10.1 Å². The molecule has 12 heavy (non-hydrogen) atoms. The van der Waals surface area contributed by atoms with Crippen LogP contribution < -0.4 is 0 Å². The van der Waals surface area contributed by atoms with Gasteiger partial charge in [0, 0.05) is 13.0 Å². The highest BCUT2D eigenvalue weighted by molar-refractivity contribution is 5.93. The molecule has 0 aromatic carbocycles. The van der Waals surface area contributed by atoms with E-state index in [4.69, 9.17) is 0 Å². The summed E-state index contributed by atoms with van der Waals surface area (Å²) in [4.78, 5) is 20.7.